The van der Waals surface area contributed by atoms with Gasteiger partial charge in [-0.05, 0) is 30.4 Å². The second-order valence-corrected chi connectivity index (χ2v) is 8.42. The number of hydrogen-bond donors (Lipinski definition) is 0. The minimum atomic E-state index is -0.205. The summed E-state index contributed by atoms with van der Waals surface area (Å²) in [5.74, 6) is 1.88. The third-order valence-electron chi connectivity index (χ3n) is 6.49. The van der Waals surface area contributed by atoms with Gasteiger partial charge in [-0.1, -0.05) is 17.3 Å². The number of imidazole rings is 1. The van der Waals surface area contributed by atoms with Crippen LogP contribution in [0.1, 0.15) is 23.2 Å². The highest BCUT2D eigenvalue weighted by atomic mass is 19.1. The number of aromatic nitrogens is 6. The molecule has 0 radical (unpaired) electrons. The first-order valence-electron chi connectivity index (χ1n) is 10.2. The van der Waals surface area contributed by atoms with Crippen molar-refractivity contribution in [3.05, 3.63) is 64.3 Å². The predicted octanol–water partition coefficient (Wildman–Crippen LogP) is 1.86. The summed E-state index contributed by atoms with van der Waals surface area (Å²) in [4.78, 5) is 27.6. The molecule has 10 heteroatoms. The Labute approximate surface area is 176 Å². The molecule has 4 heterocycles. The fourth-order valence-electron chi connectivity index (χ4n) is 4.78. The number of fused-ring (bicyclic) bond motifs is 2. The van der Waals surface area contributed by atoms with Crippen LogP contribution in [0, 0.1) is 24.6 Å². The first-order valence-corrected chi connectivity index (χ1v) is 10.2. The molecule has 1 aliphatic carbocycles. The molecule has 3 aromatic heterocycles. The Hall–Kier alpha value is -3.56. The van der Waals surface area contributed by atoms with Crippen LogP contribution in [0.15, 0.2) is 40.2 Å². The van der Waals surface area contributed by atoms with Gasteiger partial charge in [0.1, 0.15) is 18.7 Å². The van der Waals surface area contributed by atoms with Crippen molar-refractivity contribution in [2.24, 2.45) is 18.9 Å². The van der Waals surface area contributed by atoms with E-state index in [2.05, 4.69) is 25.0 Å². The Morgan fingerprint density at radius 2 is 1.97 bits per heavy atom. The number of hydrogen-bond acceptors (Lipinski definition) is 7. The number of anilines is 1. The first kappa shape index (κ1) is 18.2. The van der Waals surface area contributed by atoms with Gasteiger partial charge in [0.05, 0.1) is 12.0 Å². The van der Waals surface area contributed by atoms with Gasteiger partial charge >= 0.3 is 0 Å². The van der Waals surface area contributed by atoms with Crippen LogP contribution in [0.2, 0.25) is 0 Å². The Balaban J connectivity index is 1.17. The average Bonchev–Trinajstić information content (AvgIpc) is 3.18. The molecule has 2 unspecified atom stereocenters. The molecule has 4 aromatic rings. The smallest absolute Gasteiger partial charge is 0.280 e. The van der Waals surface area contributed by atoms with E-state index in [1.807, 2.05) is 12.1 Å². The second kappa shape index (κ2) is 6.47. The summed E-state index contributed by atoms with van der Waals surface area (Å²) in [6.07, 6.45) is 3.01. The topological polar surface area (TPSA) is 94.9 Å². The van der Waals surface area contributed by atoms with Crippen LogP contribution >= 0.6 is 0 Å². The van der Waals surface area contributed by atoms with Gasteiger partial charge < -0.3 is 14.0 Å². The molecule has 0 amide bonds. The van der Waals surface area contributed by atoms with Crippen LogP contribution in [-0.2, 0) is 13.6 Å². The molecule has 1 saturated carbocycles. The fourth-order valence-corrected chi connectivity index (χ4v) is 4.78. The molecule has 1 saturated heterocycles. The standard InChI is InChI=1S/C21H20FN7O2/c1-11-4-3-5-14(17(11)22)28-6-12-13(7-28)16(12)19-25-15(31-26-19)8-29-10-24-20-18(21(29)30)27(2)9-23-20/h3-5,9-10,12-13,16H,6-8H2,1-2H3. The van der Waals surface area contributed by atoms with Gasteiger partial charge in [0.2, 0.25) is 5.89 Å². The fraction of sp³-hybridized carbons (Fsp3) is 0.381. The molecule has 0 N–H and O–H groups in total. The van der Waals surface area contributed by atoms with Gasteiger partial charge in [0, 0.05) is 26.1 Å². The summed E-state index contributed by atoms with van der Waals surface area (Å²) in [5.41, 5.74) is 1.96. The number of benzene rings is 1. The van der Waals surface area contributed by atoms with Gasteiger partial charge in [0.15, 0.2) is 17.0 Å². The summed E-state index contributed by atoms with van der Waals surface area (Å²) in [6, 6.07) is 5.51. The van der Waals surface area contributed by atoms with E-state index in [0.29, 0.717) is 46.0 Å². The zero-order valence-electron chi connectivity index (χ0n) is 17.1. The number of halogens is 1. The van der Waals surface area contributed by atoms with Crippen molar-refractivity contribution in [1.29, 1.82) is 0 Å². The lowest BCUT2D eigenvalue weighted by Crippen LogP contribution is -2.25. The van der Waals surface area contributed by atoms with Crippen LogP contribution in [0.5, 0.6) is 0 Å². The first-order chi connectivity index (χ1) is 15.0. The molecule has 0 bridgehead atoms. The molecule has 6 rings (SSSR count). The van der Waals surface area contributed by atoms with Crippen molar-refractivity contribution in [3.8, 4) is 0 Å². The minimum absolute atomic E-state index is 0.147. The lowest BCUT2D eigenvalue weighted by molar-refractivity contribution is 0.363. The van der Waals surface area contributed by atoms with E-state index >= 15 is 0 Å². The maximum absolute atomic E-state index is 14.4. The van der Waals surface area contributed by atoms with Crippen molar-refractivity contribution in [1.82, 2.24) is 29.2 Å². The summed E-state index contributed by atoms with van der Waals surface area (Å²) < 4.78 is 22.9. The molecule has 2 atom stereocenters. The van der Waals surface area contributed by atoms with Crippen molar-refractivity contribution < 1.29 is 8.91 Å². The molecule has 9 nitrogen and oxygen atoms in total. The minimum Gasteiger partial charge on any atom is -0.369 e. The largest absolute Gasteiger partial charge is 0.369 e. The maximum Gasteiger partial charge on any atom is 0.280 e. The summed E-state index contributed by atoms with van der Waals surface area (Å²) >= 11 is 0. The second-order valence-electron chi connectivity index (χ2n) is 8.42. The molecule has 2 fully saturated rings. The molecule has 2 aliphatic rings. The summed E-state index contributed by atoms with van der Waals surface area (Å²) in [7, 11) is 1.76. The average molecular weight is 421 g/mol. The SMILES string of the molecule is Cc1cccc(N2CC3C(C2)C3c2noc(Cn3cnc4ncn(C)c4c3=O)n2)c1F. The van der Waals surface area contributed by atoms with Crippen molar-refractivity contribution >= 4 is 16.9 Å². The highest BCUT2D eigenvalue weighted by Crippen LogP contribution is 2.58. The number of aryl methyl sites for hydroxylation is 2. The number of nitrogens with zero attached hydrogens (tertiary/aromatic N) is 7. The monoisotopic (exact) mass is 421 g/mol. The molecule has 158 valence electrons. The lowest BCUT2D eigenvalue weighted by atomic mass is 10.1. The van der Waals surface area contributed by atoms with Gasteiger partial charge in [0.25, 0.3) is 5.56 Å². The predicted molar refractivity (Wildman–Crippen MR) is 109 cm³/mol. The maximum atomic E-state index is 14.4. The molecule has 1 aliphatic heterocycles. The Kier molecular flexibility index (Phi) is 3.80. The number of piperidine rings is 1. The van der Waals surface area contributed by atoms with Gasteiger partial charge in [-0.15, -0.1) is 0 Å². The van der Waals surface area contributed by atoms with E-state index in [1.165, 1.54) is 10.9 Å². The van der Waals surface area contributed by atoms with E-state index in [0.717, 1.165) is 13.1 Å². The van der Waals surface area contributed by atoms with Crippen molar-refractivity contribution in [2.45, 2.75) is 19.4 Å². The summed E-state index contributed by atoms with van der Waals surface area (Å²) in [5, 5.41) is 4.15. The van der Waals surface area contributed by atoms with Crippen molar-refractivity contribution in [2.75, 3.05) is 18.0 Å². The highest BCUT2D eigenvalue weighted by molar-refractivity contribution is 5.68. The summed E-state index contributed by atoms with van der Waals surface area (Å²) in [6.45, 7) is 3.50. The third-order valence-corrected chi connectivity index (χ3v) is 6.49. The Morgan fingerprint density at radius 3 is 2.77 bits per heavy atom. The van der Waals surface area contributed by atoms with Gasteiger partial charge in [-0.2, -0.15) is 4.98 Å². The van der Waals surface area contributed by atoms with E-state index < -0.39 is 0 Å². The third kappa shape index (κ3) is 2.77. The van der Waals surface area contributed by atoms with E-state index in [-0.39, 0.29) is 23.8 Å². The zero-order chi connectivity index (χ0) is 21.3. The van der Waals surface area contributed by atoms with E-state index in [1.54, 1.807) is 30.9 Å². The molecule has 1 aromatic carbocycles. The molecule has 31 heavy (non-hydrogen) atoms. The van der Waals surface area contributed by atoms with Crippen LogP contribution in [-0.4, -0.2) is 42.3 Å². The Bertz CT molecular complexity index is 1360. The van der Waals surface area contributed by atoms with Crippen molar-refractivity contribution in [3.63, 3.8) is 0 Å². The van der Waals surface area contributed by atoms with Crippen LogP contribution in [0.3, 0.4) is 0 Å². The van der Waals surface area contributed by atoms with Crippen LogP contribution < -0.4 is 10.5 Å². The van der Waals surface area contributed by atoms with E-state index in [9.17, 15) is 9.18 Å². The van der Waals surface area contributed by atoms with Crippen LogP contribution in [0.4, 0.5) is 10.1 Å². The Morgan fingerprint density at radius 1 is 1.19 bits per heavy atom. The van der Waals surface area contributed by atoms with E-state index in [4.69, 9.17) is 4.52 Å². The highest BCUT2D eigenvalue weighted by Gasteiger charge is 2.58. The van der Waals surface area contributed by atoms with Gasteiger partial charge in [-0.25, -0.2) is 14.4 Å². The zero-order valence-corrected chi connectivity index (χ0v) is 17.1. The lowest BCUT2D eigenvalue weighted by Gasteiger charge is -2.22. The normalized spacial score (nSPS) is 22.3. The number of rotatable bonds is 4. The quantitative estimate of drug-likeness (QED) is 0.496. The van der Waals surface area contributed by atoms with Crippen LogP contribution in [0.25, 0.3) is 11.2 Å². The molecule has 0 spiro atoms. The van der Waals surface area contributed by atoms with Gasteiger partial charge in [-0.3, -0.25) is 9.36 Å². The molecular weight excluding hydrogens is 401 g/mol. The molecular formula is C21H20FN7O2.